The zero-order valence-corrected chi connectivity index (χ0v) is 11.6. The Bertz CT molecular complexity index is 776. The Labute approximate surface area is 122 Å². The molecular weight excluding hydrogens is 265 g/mol. The first-order valence-corrected chi connectivity index (χ1v) is 6.60. The lowest BCUT2D eigenvalue weighted by Gasteiger charge is -1.98. The molecule has 0 unspecified atom stereocenters. The summed E-state index contributed by atoms with van der Waals surface area (Å²) in [6.07, 6.45) is 9.21. The molecular formula is C17H14FN3. The minimum Gasteiger partial charge on any atom is -0.275 e. The van der Waals surface area contributed by atoms with Crippen LogP contribution in [0.5, 0.6) is 0 Å². The summed E-state index contributed by atoms with van der Waals surface area (Å²) < 4.78 is 14.9. The first-order valence-electron chi connectivity index (χ1n) is 6.60. The number of pyridine rings is 1. The van der Waals surface area contributed by atoms with Crippen LogP contribution in [0, 0.1) is 5.82 Å². The first kappa shape index (κ1) is 13.2. The van der Waals surface area contributed by atoms with Crippen LogP contribution in [0.25, 0.3) is 23.3 Å². The van der Waals surface area contributed by atoms with Gasteiger partial charge in [0.1, 0.15) is 5.82 Å². The second-order valence-corrected chi connectivity index (χ2v) is 4.73. The summed E-state index contributed by atoms with van der Waals surface area (Å²) in [5, 5.41) is 4.44. The molecule has 0 aliphatic rings. The summed E-state index contributed by atoms with van der Waals surface area (Å²) in [5.41, 5.74) is 3.72. The maximum atomic E-state index is 13.2. The number of rotatable bonds is 3. The summed E-state index contributed by atoms with van der Waals surface area (Å²) in [6.45, 7) is 0. The van der Waals surface area contributed by atoms with Crippen LogP contribution >= 0.6 is 0 Å². The highest BCUT2D eigenvalue weighted by atomic mass is 19.1. The molecule has 0 atom stereocenters. The largest absolute Gasteiger partial charge is 0.275 e. The molecule has 0 spiro atoms. The quantitative estimate of drug-likeness (QED) is 0.730. The average molecular weight is 279 g/mol. The number of halogens is 1. The number of aryl methyl sites for hydroxylation is 1. The minimum absolute atomic E-state index is 0.243. The number of hydrogen-bond acceptors (Lipinski definition) is 2. The fourth-order valence-corrected chi connectivity index (χ4v) is 2.17. The summed E-state index contributed by atoms with van der Waals surface area (Å²) in [6, 6.07) is 10.4. The van der Waals surface area contributed by atoms with Gasteiger partial charge in [0, 0.05) is 31.2 Å². The molecule has 4 heteroatoms. The highest BCUT2D eigenvalue weighted by molar-refractivity contribution is 5.78. The first-order chi connectivity index (χ1) is 10.2. The molecule has 0 fully saturated rings. The zero-order chi connectivity index (χ0) is 14.7. The van der Waals surface area contributed by atoms with Crippen LogP contribution in [0.4, 0.5) is 4.39 Å². The monoisotopic (exact) mass is 279 g/mol. The molecule has 3 rings (SSSR count). The van der Waals surface area contributed by atoms with E-state index in [4.69, 9.17) is 0 Å². The lowest BCUT2D eigenvalue weighted by atomic mass is 10.1. The Morgan fingerprint density at radius 2 is 1.90 bits per heavy atom. The Morgan fingerprint density at radius 1 is 1.10 bits per heavy atom. The molecule has 0 amide bonds. The average Bonchev–Trinajstić information content (AvgIpc) is 2.87. The van der Waals surface area contributed by atoms with E-state index in [1.165, 1.54) is 12.1 Å². The third kappa shape index (κ3) is 3.05. The van der Waals surface area contributed by atoms with E-state index in [0.717, 1.165) is 22.4 Å². The predicted molar refractivity (Wildman–Crippen MR) is 81.8 cm³/mol. The number of aromatic nitrogens is 3. The van der Waals surface area contributed by atoms with Crippen LogP contribution in [0.15, 0.2) is 55.0 Å². The van der Waals surface area contributed by atoms with E-state index in [1.807, 2.05) is 43.6 Å². The van der Waals surface area contributed by atoms with E-state index in [1.54, 1.807) is 23.1 Å². The fraction of sp³-hybridized carbons (Fsp3) is 0.0588. The van der Waals surface area contributed by atoms with Gasteiger partial charge in [-0.05, 0) is 41.5 Å². The van der Waals surface area contributed by atoms with Crippen molar-refractivity contribution in [2.24, 2.45) is 7.05 Å². The Morgan fingerprint density at radius 3 is 2.67 bits per heavy atom. The SMILES string of the molecule is Cn1cc(-c2ccncc2)c(C=Cc2cccc(F)c2)n1. The molecule has 0 radical (unpaired) electrons. The standard InChI is InChI=1S/C17H14FN3/c1-21-12-16(14-7-9-19-10-8-14)17(20-21)6-5-13-3-2-4-15(18)11-13/h2-12H,1H3. The molecule has 0 bridgehead atoms. The highest BCUT2D eigenvalue weighted by Gasteiger charge is 2.07. The van der Waals surface area contributed by atoms with Gasteiger partial charge in [0.2, 0.25) is 0 Å². The maximum Gasteiger partial charge on any atom is 0.123 e. The fourth-order valence-electron chi connectivity index (χ4n) is 2.17. The third-order valence-electron chi connectivity index (χ3n) is 3.13. The lowest BCUT2D eigenvalue weighted by molar-refractivity contribution is 0.627. The van der Waals surface area contributed by atoms with Crippen molar-refractivity contribution in [2.75, 3.05) is 0 Å². The van der Waals surface area contributed by atoms with Crippen molar-refractivity contribution < 1.29 is 4.39 Å². The van der Waals surface area contributed by atoms with Crippen LogP contribution in [0.2, 0.25) is 0 Å². The van der Waals surface area contributed by atoms with E-state index in [-0.39, 0.29) is 5.82 Å². The van der Waals surface area contributed by atoms with Crippen LogP contribution in [-0.4, -0.2) is 14.8 Å². The normalized spacial score (nSPS) is 11.1. The molecule has 21 heavy (non-hydrogen) atoms. The molecule has 0 saturated heterocycles. The van der Waals surface area contributed by atoms with Gasteiger partial charge in [0.05, 0.1) is 5.69 Å². The molecule has 2 heterocycles. The van der Waals surface area contributed by atoms with E-state index < -0.39 is 0 Å². The smallest absolute Gasteiger partial charge is 0.123 e. The zero-order valence-electron chi connectivity index (χ0n) is 11.6. The lowest BCUT2D eigenvalue weighted by Crippen LogP contribution is -1.86. The highest BCUT2D eigenvalue weighted by Crippen LogP contribution is 2.23. The van der Waals surface area contributed by atoms with Crippen molar-refractivity contribution in [2.45, 2.75) is 0 Å². The van der Waals surface area contributed by atoms with Crippen molar-refractivity contribution in [3.63, 3.8) is 0 Å². The van der Waals surface area contributed by atoms with Crippen molar-refractivity contribution in [3.05, 3.63) is 72.1 Å². The van der Waals surface area contributed by atoms with E-state index >= 15 is 0 Å². The molecule has 0 aliphatic heterocycles. The Kier molecular flexibility index (Phi) is 3.60. The summed E-state index contributed by atoms with van der Waals surface area (Å²) in [4.78, 5) is 4.02. The van der Waals surface area contributed by atoms with Crippen molar-refractivity contribution in [1.82, 2.24) is 14.8 Å². The van der Waals surface area contributed by atoms with Crippen LogP contribution in [0.1, 0.15) is 11.3 Å². The van der Waals surface area contributed by atoms with Crippen molar-refractivity contribution in [1.29, 1.82) is 0 Å². The Balaban J connectivity index is 1.96. The Hall–Kier alpha value is -2.75. The van der Waals surface area contributed by atoms with Gasteiger partial charge in [0.25, 0.3) is 0 Å². The van der Waals surface area contributed by atoms with Crippen molar-refractivity contribution >= 4 is 12.2 Å². The van der Waals surface area contributed by atoms with Gasteiger partial charge in [0.15, 0.2) is 0 Å². The molecule has 0 N–H and O–H groups in total. The summed E-state index contributed by atoms with van der Waals surface area (Å²) in [7, 11) is 1.88. The number of hydrogen-bond donors (Lipinski definition) is 0. The van der Waals surface area contributed by atoms with E-state index in [9.17, 15) is 4.39 Å². The van der Waals surface area contributed by atoms with E-state index in [2.05, 4.69) is 10.1 Å². The predicted octanol–water partition coefficient (Wildman–Crippen LogP) is 3.79. The summed E-state index contributed by atoms with van der Waals surface area (Å²) >= 11 is 0. The molecule has 0 saturated carbocycles. The molecule has 3 nitrogen and oxygen atoms in total. The van der Waals surface area contributed by atoms with Gasteiger partial charge in [-0.2, -0.15) is 5.10 Å². The minimum atomic E-state index is -0.243. The molecule has 0 aliphatic carbocycles. The molecule has 2 aromatic heterocycles. The van der Waals surface area contributed by atoms with Crippen LogP contribution in [0.3, 0.4) is 0 Å². The third-order valence-corrected chi connectivity index (χ3v) is 3.13. The topological polar surface area (TPSA) is 30.7 Å². The maximum absolute atomic E-state index is 13.2. The van der Waals surface area contributed by atoms with Crippen LogP contribution < -0.4 is 0 Å². The summed E-state index contributed by atoms with van der Waals surface area (Å²) in [5.74, 6) is -0.243. The second kappa shape index (κ2) is 5.71. The number of benzene rings is 1. The van der Waals surface area contributed by atoms with Gasteiger partial charge in [-0.15, -0.1) is 0 Å². The van der Waals surface area contributed by atoms with Gasteiger partial charge in [-0.25, -0.2) is 4.39 Å². The number of nitrogens with zero attached hydrogens (tertiary/aromatic N) is 3. The van der Waals surface area contributed by atoms with Gasteiger partial charge in [-0.3, -0.25) is 9.67 Å². The molecule has 104 valence electrons. The van der Waals surface area contributed by atoms with Gasteiger partial charge >= 0.3 is 0 Å². The van der Waals surface area contributed by atoms with Crippen molar-refractivity contribution in [3.8, 4) is 11.1 Å². The van der Waals surface area contributed by atoms with Crippen LogP contribution in [-0.2, 0) is 7.05 Å². The van der Waals surface area contributed by atoms with Gasteiger partial charge in [-0.1, -0.05) is 18.2 Å². The second-order valence-electron chi connectivity index (χ2n) is 4.73. The van der Waals surface area contributed by atoms with E-state index in [0.29, 0.717) is 0 Å². The van der Waals surface area contributed by atoms with Gasteiger partial charge < -0.3 is 0 Å². The molecule has 3 aromatic rings. The molecule has 1 aromatic carbocycles.